The summed E-state index contributed by atoms with van der Waals surface area (Å²) in [6, 6.07) is 24.7. The Morgan fingerprint density at radius 3 is 2.44 bits per heavy atom. The van der Waals surface area contributed by atoms with Crippen molar-refractivity contribution < 1.29 is 13.9 Å². The first-order chi connectivity index (χ1) is 17.7. The fourth-order valence-corrected chi connectivity index (χ4v) is 3.54. The van der Waals surface area contributed by atoms with Gasteiger partial charge in [0, 0.05) is 35.3 Å². The number of nitrogens with zero attached hydrogens (tertiary/aromatic N) is 4. The normalized spacial score (nSPS) is 10.6. The Hall–Kier alpha value is -5.05. The van der Waals surface area contributed by atoms with Gasteiger partial charge in [0.15, 0.2) is 0 Å². The van der Waals surface area contributed by atoms with Crippen LogP contribution in [0.15, 0.2) is 104 Å². The second-order valence-electron chi connectivity index (χ2n) is 7.75. The predicted molar refractivity (Wildman–Crippen MR) is 134 cm³/mol. The smallest absolute Gasteiger partial charge is 0.324 e. The molecule has 0 fully saturated rings. The first kappa shape index (κ1) is 22.7. The molecule has 8 nitrogen and oxygen atoms in total. The molecule has 0 aliphatic rings. The second kappa shape index (κ2) is 10.5. The van der Waals surface area contributed by atoms with Gasteiger partial charge in [0.2, 0.25) is 5.88 Å². The summed E-state index contributed by atoms with van der Waals surface area (Å²) in [7, 11) is 0. The Labute approximate surface area is 206 Å². The maximum atomic E-state index is 14.3. The predicted octanol–water partition coefficient (Wildman–Crippen LogP) is 5.69. The van der Waals surface area contributed by atoms with Crippen molar-refractivity contribution in [2.24, 2.45) is 0 Å². The summed E-state index contributed by atoms with van der Waals surface area (Å²) in [6.07, 6.45) is 4.44. The van der Waals surface area contributed by atoms with Gasteiger partial charge in [-0.15, -0.1) is 0 Å². The fourth-order valence-electron chi connectivity index (χ4n) is 3.54. The number of halogens is 1. The molecule has 5 aromatic rings. The number of carbonyl (C=O) groups is 1. The van der Waals surface area contributed by atoms with Crippen LogP contribution in [0.3, 0.4) is 0 Å². The summed E-state index contributed by atoms with van der Waals surface area (Å²) in [4.78, 5) is 20.8. The lowest BCUT2D eigenvalue weighted by Gasteiger charge is -2.11. The zero-order valence-corrected chi connectivity index (χ0v) is 19.0. The molecule has 2 N–H and O–H groups in total. The van der Waals surface area contributed by atoms with E-state index in [1.165, 1.54) is 36.8 Å². The maximum Gasteiger partial charge on any atom is 0.324 e. The zero-order chi connectivity index (χ0) is 24.7. The van der Waals surface area contributed by atoms with Gasteiger partial charge < -0.3 is 10.1 Å². The fraction of sp³-hybridized carbons (Fsp3) is 0.0370. The lowest BCUT2D eigenvalue weighted by atomic mass is 10.2. The van der Waals surface area contributed by atoms with E-state index >= 15 is 0 Å². The number of aromatic nitrogens is 4. The summed E-state index contributed by atoms with van der Waals surface area (Å²) in [6.45, 7) is -0.0666. The van der Waals surface area contributed by atoms with Crippen LogP contribution in [0.1, 0.15) is 5.56 Å². The van der Waals surface area contributed by atoms with Crippen LogP contribution in [0.2, 0.25) is 0 Å². The molecule has 2 aromatic heterocycles. The van der Waals surface area contributed by atoms with Crippen molar-refractivity contribution >= 4 is 17.5 Å². The van der Waals surface area contributed by atoms with Gasteiger partial charge in [-0.05, 0) is 30.3 Å². The quantitative estimate of drug-likeness (QED) is 0.312. The minimum absolute atomic E-state index is 0.0666. The summed E-state index contributed by atoms with van der Waals surface area (Å²) in [5, 5.41) is 10.3. The van der Waals surface area contributed by atoms with E-state index < -0.39 is 11.8 Å². The Bertz CT molecular complexity index is 1460. The highest BCUT2D eigenvalue weighted by Crippen LogP contribution is 2.25. The van der Waals surface area contributed by atoms with Crippen LogP contribution >= 0.6 is 0 Å². The highest BCUT2D eigenvalue weighted by atomic mass is 19.1. The molecule has 2 heterocycles. The minimum atomic E-state index is -0.501. The third-order valence-corrected chi connectivity index (χ3v) is 5.24. The second-order valence-corrected chi connectivity index (χ2v) is 7.75. The van der Waals surface area contributed by atoms with Crippen LogP contribution in [0.4, 0.5) is 20.7 Å². The van der Waals surface area contributed by atoms with Crippen molar-refractivity contribution in [3.63, 3.8) is 0 Å². The summed E-state index contributed by atoms with van der Waals surface area (Å²) >= 11 is 0. The lowest BCUT2D eigenvalue weighted by Crippen LogP contribution is -2.21. The minimum Gasteiger partial charge on any atom is -0.472 e. The number of hydrogen-bond donors (Lipinski definition) is 2. The molecule has 0 radical (unpaired) electrons. The van der Waals surface area contributed by atoms with Crippen LogP contribution in [0.5, 0.6) is 5.88 Å². The number of ether oxygens (including phenoxy) is 1. The van der Waals surface area contributed by atoms with E-state index in [0.29, 0.717) is 17.2 Å². The molecule has 0 saturated heterocycles. The molecule has 9 heteroatoms. The third-order valence-electron chi connectivity index (χ3n) is 5.24. The SMILES string of the molecule is O=C(Nc1ccc(F)c(COc2cnccn2)c1)Nc1cc(-c2ccccc2)nn1-c1ccccc1. The van der Waals surface area contributed by atoms with E-state index in [-0.39, 0.29) is 18.1 Å². The van der Waals surface area contributed by atoms with Gasteiger partial charge in [0.1, 0.15) is 18.2 Å². The van der Waals surface area contributed by atoms with Crippen LogP contribution in [-0.2, 0) is 6.61 Å². The summed E-state index contributed by atoms with van der Waals surface area (Å²) in [5.74, 6) is 0.293. The van der Waals surface area contributed by atoms with Crippen LogP contribution in [0.25, 0.3) is 16.9 Å². The van der Waals surface area contributed by atoms with Crippen LogP contribution in [-0.4, -0.2) is 25.8 Å². The molecule has 0 bridgehead atoms. The summed E-state index contributed by atoms with van der Waals surface area (Å²) < 4.78 is 21.4. The van der Waals surface area contributed by atoms with Crippen molar-refractivity contribution in [2.45, 2.75) is 6.61 Å². The number of nitrogens with one attached hydrogen (secondary N) is 2. The molecule has 0 aliphatic heterocycles. The number of hydrogen-bond acceptors (Lipinski definition) is 5. The van der Waals surface area contributed by atoms with Gasteiger partial charge in [0.05, 0.1) is 17.6 Å². The van der Waals surface area contributed by atoms with E-state index in [1.54, 1.807) is 10.7 Å². The highest BCUT2D eigenvalue weighted by Gasteiger charge is 2.14. The number of amides is 2. The average molecular weight is 481 g/mol. The van der Waals surface area contributed by atoms with Crippen molar-refractivity contribution in [2.75, 3.05) is 10.6 Å². The van der Waals surface area contributed by atoms with Gasteiger partial charge in [-0.1, -0.05) is 48.5 Å². The largest absolute Gasteiger partial charge is 0.472 e. The number of carbonyl (C=O) groups excluding carboxylic acids is 1. The molecule has 0 aliphatic carbocycles. The zero-order valence-electron chi connectivity index (χ0n) is 19.0. The molecule has 0 atom stereocenters. The first-order valence-corrected chi connectivity index (χ1v) is 11.1. The Kier molecular flexibility index (Phi) is 6.61. The average Bonchev–Trinajstić information content (AvgIpc) is 3.34. The molecule has 36 heavy (non-hydrogen) atoms. The topological polar surface area (TPSA) is 94.0 Å². The van der Waals surface area contributed by atoms with Crippen molar-refractivity contribution in [3.05, 3.63) is 115 Å². The molecular formula is C27H21FN6O2. The number of urea groups is 1. The summed E-state index contributed by atoms with van der Waals surface area (Å²) in [5.41, 5.74) is 3.09. The maximum absolute atomic E-state index is 14.3. The van der Waals surface area contributed by atoms with E-state index in [0.717, 1.165) is 11.3 Å². The Morgan fingerprint density at radius 1 is 0.917 bits per heavy atom. The number of benzene rings is 3. The number of rotatable bonds is 7. The van der Waals surface area contributed by atoms with Crippen LogP contribution < -0.4 is 15.4 Å². The highest BCUT2D eigenvalue weighted by molar-refractivity contribution is 5.99. The first-order valence-electron chi connectivity index (χ1n) is 11.1. The monoisotopic (exact) mass is 480 g/mol. The van der Waals surface area contributed by atoms with Gasteiger partial charge in [-0.2, -0.15) is 5.10 Å². The van der Waals surface area contributed by atoms with E-state index in [1.807, 2.05) is 60.7 Å². The van der Waals surface area contributed by atoms with Crippen molar-refractivity contribution in [1.29, 1.82) is 0 Å². The molecular weight excluding hydrogens is 459 g/mol. The van der Waals surface area contributed by atoms with Gasteiger partial charge in [0.25, 0.3) is 0 Å². The Balaban J connectivity index is 1.34. The molecule has 0 unspecified atom stereocenters. The number of para-hydroxylation sites is 1. The van der Waals surface area contributed by atoms with Gasteiger partial charge >= 0.3 is 6.03 Å². The molecule has 0 spiro atoms. The van der Waals surface area contributed by atoms with Gasteiger partial charge in [-0.25, -0.2) is 18.9 Å². The van der Waals surface area contributed by atoms with E-state index in [4.69, 9.17) is 4.74 Å². The van der Waals surface area contributed by atoms with Crippen molar-refractivity contribution in [1.82, 2.24) is 19.7 Å². The molecule has 5 rings (SSSR count). The molecule has 3 aromatic carbocycles. The molecule has 2 amide bonds. The lowest BCUT2D eigenvalue weighted by molar-refractivity contribution is 0.262. The molecule has 178 valence electrons. The Morgan fingerprint density at radius 2 is 1.69 bits per heavy atom. The van der Waals surface area contributed by atoms with Crippen LogP contribution in [0, 0.1) is 5.82 Å². The van der Waals surface area contributed by atoms with Crippen molar-refractivity contribution in [3.8, 4) is 22.8 Å². The molecule has 0 saturated carbocycles. The van der Waals surface area contributed by atoms with E-state index in [9.17, 15) is 9.18 Å². The standard InChI is InChI=1S/C27H21FN6O2/c28-23-12-11-21(15-20(23)18-36-26-17-29-13-14-30-26)31-27(35)32-25-16-24(19-7-3-1-4-8-19)33-34(25)22-9-5-2-6-10-22/h1-17H,18H2,(H2,31,32,35). The number of anilines is 2. The van der Waals surface area contributed by atoms with E-state index in [2.05, 4.69) is 25.7 Å². The van der Waals surface area contributed by atoms with Gasteiger partial charge in [-0.3, -0.25) is 10.3 Å². The third kappa shape index (κ3) is 5.36.